The van der Waals surface area contributed by atoms with Crippen molar-refractivity contribution in [3.05, 3.63) is 58.6 Å². The molecule has 6 nitrogen and oxygen atoms in total. The number of amides is 1. The minimum atomic E-state index is -0.629. The lowest BCUT2D eigenvalue weighted by Gasteiger charge is -2.25. The van der Waals surface area contributed by atoms with Crippen LogP contribution < -0.4 is 9.64 Å². The smallest absolute Gasteiger partial charge is 0.421 e. The molecular formula is C20H20ClN3O3S. The van der Waals surface area contributed by atoms with E-state index in [-0.39, 0.29) is 0 Å². The van der Waals surface area contributed by atoms with Crippen molar-refractivity contribution in [2.45, 2.75) is 33.3 Å². The molecule has 3 rings (SSSR count). The van der Waals surface area contributed by atoms with Crippen LogP contribution in [0.15, 0.2) is 48.0 Å². The number of benzene rings is 2. The standard InChI is InChI=1S/C20H20ClN3O3S/c1-13-11-16(9-10-17(13)21)26-15-7-5-14(6-8-15)24(18-23-22-12-28-18)19(25)27-20(2,3)4/h5-12H,1-4H3. The van der Waals surface area contributed by atoms with Gasteiger partial charge in [-0.3, -0.25) is 0 Å². The summed E-state index contributed by atoms with van der Waals surface area (Å²) >= 11 is 7.30. The summed E-state index contributed by atoms with van der Waals surface area (Å²) in [6.45, 7) is 7.36. The van der Waals surface area contributed by atoms with E-state index in [9.17, 15) is 4.79 Å². The second kappa shape index (κ2) is 8.16. The van der Waals surface area contributed by atoms with Crippen LogP contribution in [0.2, 0.25) is 5.02 Å². The Labute approximate surface area is 172 Å². The number of aromatic nitrogens is 2. The van der Waals surface area contributed by atoms with Crippen molar-refractivity contribution >= 4 is 39.8 Å². The van der Waals surface area contributed by atoms with E-state index in [1.54, 1.807) is 41.9 Å². The van der Waals surface area contributed by atoms with Gasteiger partial charge in [-0.15, -0.1) is 10.2 Å². The van der Waals surface area contributed by atoms with Gasteiger partial charge < -0.3 is 9.47 Å². The zero-order valence-electron chi connectivity index (χ0n) is 16.0. The molecule has 0 atom stereocenters. The fraction of sp³-hybridized carbons (Fsp3) is 0.250. The van der Waals surface area contributed by atoms with Crippen molar-refractivity contribution in [2.75, 3.05) is 4.90 Å². The Morgan fingerprint density at radius 3 is 2.36 bits per heavy atom. The van der Waals surface area contributed by atoms with E-state index in [1.807, 2.05) is 33.8 Å². The van der Waals surface area contributed by atoms with Crippen molar-refractivity contribution in [1.29, 1.82) is 0 Å². The van der Waals surface area contributed by atoms with E-state index >= 15 is 0 Å². The third-order valence-corrected chi connectivity index (χ3v) is 4.67. The Kier molecular flexibility index (Phi) is 5.86. The first-order valence-corrected chi connectivity index (χ1v) is 9.82. The Morgan fingerprint density at radius 2 is 1.79 bits per heavy atom. The average Bonchev–Trinajstić information content (AvgIpc) is 3.12. The van der Waals surface area contributed by atoms with Gasteiger partial charge in [-0.1, -0.05) is 22.9 Å². The predicted molar refractivity (Wildman–Crippen MR) is 111 cm³/mol. The van der Waals surface area contributed by atoms with Gasteiger partial charge in [-0.25, -0.2) is 9.69 Å². The lowest BCUT2D eigenvalue weighted by Crippen LogP contribution is -2.33. The van der Waals surface area contributed by atoms with Crippen LogP contribution in [0.5, 0.6) is 11.5 Å². The summed E-state index contributed by atoms with van der Waals surface area (Å²) in [5.41, 5.74) is 2.47. The monoisotopic (exact) mass is 417 g/mol. The molecule has 146 valence electrons. The van der Waals surface area contributed by atoms with Gasteiger partial charge in [-0.2, -0.15) is 0 Å². The van der Waals surface area contributed by atoms with Gasteiger partial charge >= 0.3 is 6.09 Å². The lowest BCUT2D eigenvalue weighted by molar-refractivity contribution is 0.0599. The highest BCUT2D eigenvalue weighted by molar-refractivity contribution is 7.13. The van der Waals surface area contributed by atoms with Crippen molar-refractivity contribution in [1.82, 2.24) is 10.2 Å². The minimum Gasteiger partial charge on any atom is -0.457 e. The fourth-order valence-electron chi connectivity index (χ4n) is 2.35. The van der Waals surface area contributed by atoms with E-state index < -0.39 is 11.7 Å². The molecule has 1 heterocycles. The van der Waals surface area contributed by atoms with Crippen LogP contribution >= 0.6 is 22.9 Å². The summed E-state index contributed by atoms with van der Waals surface area (Å²) in [5, 5.41) is 8.94. The number of carbonyl (C=O) groups excluding carboxylic acids is 1. The third-order valence-electron chi connectivity index (χ3n) is 3.58. The number of hydrogen-bond donors (Lipinski definition) is 0. The third kappa shape index (κ3) is 4.99. The normalized spacial score (nSPS) is 11.2. The largest absolute Gasteiger partial charge is 0.457 e. The SMILES string of the molecule is Cc1cc(Oc2ccc(N(C(=O)OC(C)(C)C)c3nncs3)cc2)ccc1Cl. The van der Waals surface area contributed by atoms with Crippen molar-refractivity contribution < 1.29 is 14.3 Å². The van der Waals surface area contributed by atoms with Crippen LogP contribution in [-0.4, -0.2) is 21.9 Å². The lowest BCUT2D eigenvalue weighted by atomic mass is 10.2. The molecular weight excluding hydrogens is 398 g/mol. The Bertz CT molecular complexity index is 954. The summed E-state index contributed by atoms with van der Waals surface area (Å²) in [4.78, 5) is 14.1. The van der Waals surface area contributed by atoms with E-state index in [4.69, 9.17) is 21.1 Å². The second-order valence-corrected chi connectivity index (χ2v) is 8.26. The Morgan fingerprint density at radius 1 is 1.11 bits per heavy atom. The van der Waals surface area contributed by atoms with Crippen LogP contribution in [0.3, 0.4) is 0 Å². The molecule has 0 radical (unpaired) electrons. The average molecular weight is 418 g/mol. The maximum absolute atomic E-state index is 12.7. The van der Waals surface area contributed by atoms with Crippen LogP contribution in [0.4, 0.5) is 15.6 Å². The molecule has 0 aliphatic heterocycles. The summed E-state index contributed by atoms with van der Waals surface area (Å²) in [6, 6.07) is 12.5. The molecule has 1 aromatic heterocycles. The fourth-order valence-corrected chi connectivity index (χ4v) is 3.03. The molecule has 3 aromatic rings. The van der Waals surface area contributed by atoms with Crippen LogP contribution in [0.25, 0.3) is 0 Å². The predicted octanol–water partition coefficient (Wildman–Crippen LogP) is 6.37. The van der Waals surface area contributed by atoms with Gasteiger partial charge in [0.15, 0.2) is 0 Å². The highest BCUT2D eigenvalue weighted by atomic mass is 35.5. The van der Waals surface area contributed by atoms with Crippen LogP contribution in [0, 0.1) is 6.92 Å². The van der Waals surface area contributed by atoms with Gasteiger partial charge in [0.05, 0.1) is 5.69 Å². The highest BCUT2D eigenvalue weighted by Crippen LogP contribution is 2.32. The maximum Gasteiger partial charge on any atom is 0.421 e. The highest BCUT2D eigenvalue weighted by Gasteiger charge is 2.27. The van der Waals surface area contributed by atoms with Crippen LogP contribution in [-0.2, 0) is 4.74 Å². The van der Waals surface area contributed by atoms with Crippen LogP contribution in [0.1, 0.15) is 26.3 Å². The first kappa shape index (κ1) is 20.1. The summed E-state index contributed by atoms with van der Waals surface area (Å²) in [5.74, 6) is 1.31. The van der Waals surface area contributed by atoms with Gasteiger partial charge in [0, 0.05) is 5.02 Å². The molecule has 0 aliphatic rings. The molecule has 0 saturated heterocycles. The van der Waals surface area contributed by atoms with Gasteiger partial charge in [0.2, 0.25) is 5.13 Å². The second-order valence-electron chi connectivity index (χ2n) is 7.04. The van der Waals surface area contributed by atoms with Crippen molar-refractivity contribution in [3.8, 4) is 11.5 Å². The molecule has 0 unspecified atom stereocenters. The van der Waals surface area contributed by atoms with Gasteiger partial charge in [0.25, 0.3) is 0 Å². The summed E-state index contributed by atoms with van der Waals surface area (Å²) in [7, 11) is 0. The van der Waals surface area contributed by atoms with Crippen molar-refractivity contribution in [2.24, 2.45) is 0 Å². The molecule has 2 aromatic carbocycles. The van der Waals surface area contributed by atoms with E-state index in [1.165, 1.54) is 16.2 Å². The number of nitrogens with zero attached hydrogens (tertiary/aromatic N) is 3. The number of aryl methyl sites for hydroxylation is 1. The molecule has 0 saturated carbocycles. The molecule has 1 amide bonds. The molecule has 8 heteroatoms. The molecule has 0 fully saturated rings. The molecule has 28 heavy (non-hydrogen) atoms. The number of carbonyl (C=O) groups is 1. The molecule has 0 spiro atoms. The topological polar surface area (TPSA) is 64.5 Å². The van der Waals surface area contributed by atoms with E-state index in [0.29, 0.717) is 27.3 Å². The Hall–Kier alpha value is -2.64. The number of hydrogen-bond acceptors (Lipinski definition) is 6. The molecule has 0 aliphatic carbocycles. The summed E-state index contributed by atoms with van der Waals surface area (Å²) in [6.07, 6.45) is -0.522. The first-order valence-electron chi connectivity index (χ1n) is 8.56. The van der Waals surface area contributed by atoms with Gasteiger partial charge in [-0.05, 0) is 75.7 Å². The maximum atomic E-state index is 12.7. The first-order chi connectivity index (χ1) is 13.2. The minimum absolute atomic E-state index is 0.427. The zero-order valence-corrected chi connectivity index (χ0v) is 17.5. The number of ether oxygens (including phenoxy) is 2. The Balaban J connectivity index is 1.83. The van der Waals surface area contributed by atoms with Gasteiger partial charge in [0.1, 0.15) is 22.6 Å². The molecule has 0 bridgehead atoms. The quantitative estimate of drug-likeness (QED) is 0.493. The number of halogens is 1. The number of anilines is 2. The van der Waals surface area contributed by atoms with Crippen molar-refractivity contribution in [3.63, 3.8) is 0 Å². The zero-order chi connectivity index (χ0) is 20.3. The summed E-state index contributed by atoms with van der Waals surface area (Å²) < 4.78 is 11.4. The van der Waals surface area contributed by atoms with E-state index in [0.717, 1.165) is 5.56 Å². The van der Waals surface area contributed by atoms with E-state index in [2.05, 4.69) is 10.2 Å². The number of rotatable bonds is 4. The molecule has 0 N–H and O–H groups in total.